The molecule has 1 amide bonds. The van der Waals surface area contributed by atoms with Gasteiger partial charge in [-0.2, -0.15) is 0 Å². The Bertz CT molecular complexity index is 721. The fourth-order valence-corrected chi connectivity index (χ4v) is 3.15. The Morgan fingerprint density at radius 1 is 1.28 bits per heavy atom. The number of nitrogens with two attached hydrogens (primary N) is 1. The van der Waals surface area contributed by atoms with Crippen LogP contribution in [-0.2, 0) is 13.0 Å². The molecule has 2 rings (SSSR count). The molecule has 138 valence electrons. The highest BCUT2D eigenvalue weighted by Crippen LogP contribution is 2.30. The number of aromatic nitrogens is 1. The largest absolute Gasteiger partial charge is 0.493 e. The van der Waals surface area contributed by atoms with Gasteiger partial charge in [0, 0.05) is 25.4 Å². The van der Waals surface area contributed by atoms with E-state index in [1.165, 1.54) is 11.3 Å². The lowest BCUT2D eigenvalue weighted by Crippen LogP contribution is -2.27. The fraction of sp³-hybridized carbons (Fsp3) is 0.412. The first-order chi connectivity index (χ1) is 11.5. The molecule has 1 heterocycles. The predicted octanol–water partition coefficient (Wildman–Crippen LogP) is 2.66. The molecule has 0 saturated heterocycles. The van der Waals surface area contributed by atoms with E-state index in [0.29, 0.717) is 36.7 Å². The first kappa shape index (κ1) is 21.2. The molecule has 1 aromatic heterocycles. The number of benzene rings is 1. The number of hydrogen-bond donors (Lipinski definition) is 1. The third-order valence-corrected chi connectivity index (χ3v) is 4.63. The maximum atomic E-state index is 12.5. The van der Waals surface area contributed by atoms with E-state index in [4.69, 9.17) is 15.2 Å². The molecular formula is C17H24ClN3O3S. The zero-order chi connectivity index (χ0) is 17.7. The SMILES string of the molecule is COc1cc(C)c(CN(C)C(=O)c2csc(CCN)n2)cc1OC.Cl. The summed E-state index contributed by atoms with van der Waals surface area (Å²) in [4.78, 5) is 18.5. The van der Waals surface area contributed by atoms with E-state index in [0.717, 1.165) is 16.1 Å². The van der Waals surface area contributed by atoms with Gasteiger partial charge in [0.15, 0.2) is 11.5 Å². The van der Waals surface area contributed by atoms with Crippen LogP contribution in [0.3, 0.4) is 0 Å². The van der Waals surface area contributed by atoms with E-state index in [9.17, 15) is 4.79 Å². The van der Waals surface area contributed by atoms with Gasteiger partial charge in [-0.1, -0.05) is 0 Å². The molecule has 0 spiro atoms. The number of aryl methyl sites for hydroxylation is 1. The van der Waals surface area contributed by atoms with Crippen molar-refractivity contribution >= 4 is 29.7 Å². The van der Waals surface area contributed by atoms with Gasteiger partial charge in [0.25, 0.3) is 5.91 Å². The minimum absolute atomic E-state index is 0. The highest BCUT2D eigenvalue weighted by Gasteiger charge is 2.17. The summed E-state index contributed by atoms with van der Waals surface area (Å²) < 4.78 is 10.6. The number of halogens is 1. The average molecular weight is 386 g/mol. The summed E-state index contributed by atoms with van der Waals surface area (Å²) in [6.07, 6.45) is 0.691. The van der Waals surface area contributed by atoms with E-state index in [1.54, 1.807) is 31.5 Å². The molecule has 0 radical (unpaired) electrons. The van der Waals surface area contributed by atoms with Gasteiger partial charge in [0.2, 0.25) is 0 Å². The van der Waals surface area contributed by atoms with Crippen LogP contribution in [0.4, 0.5) is 0 Å². The Kier molecular flexibility index (Phi) is 8.15. The second-order valence-corrected chi connectivity index (χ2v) is 6.40. The van der Waals surface area contributed by atoms with Crippen molar-refractivity contribution in [1.29, 1.82) is 0 Å². The van der Waals surface area contributed by atoms with Gasteiger partial charge in [0.1, 0.15) is 5.69 Å². The summed E-state index contributed by atoms with van der Waals surface area (Å²) in [5.74, 6) is 1.22. The molecular weight excluding hydrogens is 362 g/mol. The lowest BCUT2D eigenvalue weighted by Gasteiger charge is -2.19. The van der Waals surface area contributed by atoms with Gasteiger partial charge in [-0.05, 0) is 36.7 Å². The first-order valence-corrected chi connectivity index (χ1v) is 8.49. The van der Waals surface area contributed by atoms with Gasteiger partial charge in [-0.3, -0.25) is 4.79 Å². The van der Waals surface area contributed by atoms with Crippen LogP contribution in [0.1, 0.15) is 26.6 Å². The number of hydrogen-bond acceptors (Lipinski definition) is 6. The molecule has 0 saturated carbocycles. The maximum Gasteiger partial charge on any atom is 0.273 e. The second-order valence-electron chi connectivity index (χ2n) is 5.46. The summed E-state index contributed by atoms with van der Waals surface area (Å²) in [7, 11) is 4.97. The zero-order valence-electron chi connectivity index (χ0n) is 14.9. The third-order valence-electron chi connectivity index (χ3n) is 3.73. The van der Waals surface area contributed by atoms with E-state index >= 15 is 0 Å². The number of rotatable bonds is 7. The quantitative estimate of drug-likeness (QED) is 0.792. The van der Waals surface area contributed by atoms with E-state index < -0.39 is 0 Å². The van der Waals surface area contributed by atoms with Crippen molar-refractivity contribution in [3.05, 3.63) is 39.3 Å². The van der Waals surface area contributed by atoms with Crippen molar-refractivity contribution in [3.63, 3.8) is 0 Å². The van der Waals surface area contributed by atoms with Crippen molar-refractivity contribution < 1.29 is 14.3 Å². The molecule has 8 heteroatoms. The van der Waals surface area contributed by atoms with E-state index in [2.05, 4.69) is 4.98 Å². The minimum atomic E-state index is -0.108. The maximum absolute atomic E-state index is 12.5. The van der Waals surface area contributed by atoms with Crippen molar-refractivity contribution in [2.75, 3.05) is 27.8 Å². The van der Waals surface area contributed by atoms with Crippen LogP contribution in [0.2, 0.25) is 0 Å². The molecule has 1 aromatic carbocycles. The number of methoxy groups -OCH3 is 2. The minimum Gasteiger partial charge on any atom is -0.493 e. The third kappa shape index (κ3) is 5.07. The van der Waals surface area contributed by atoms with Crippen LogP contribution in [0, 0.1) is 6.92 Å². The summed E-state index contributed by atoms with van der Waals surface area (Å²) in [6, 6.07) is 3.81. The normalized spacial score (nSPS) is 10.1. The number of ether oxygens (including phenoxy) is 2. The van der Waals surface area contributed by atoms with Gasteiger partial charge >= 0.3 is 0 Å². The fourth-order valence-electron chi connectivity index (χ4n) is 2.36. The van der Waals surface area contributed by atoms with Crippen LogP contribution in [-0.4, -0.2) is 43.6 Å². The molecule has 25 heavy (non-hydrogen) atoms. The van der Waals surface area contributed by atoms with Crippen LogP contribution in [0.5, 0.6) is 11.5 Å². The van der Waals surface area contributed by atoms with E-state index in [-0.39, 0.29) is 18.3 Å². The number of carbonyl (C=O) groups is 1. The molecule has 2 N–H and O–H groups in total. The van der Waals surface area contributed by atoms with Crippen molar-refractivity contribution in [1.82, 2.24) is 9.88 Å². The molecule has 0 atom stereocenters. The number of nitrogens with zero attached hydrogens (tertiary/aromatic N) is 2. The van der Waals surface area contributed by atoms with Gasteiger partial charge in [-0.15, -0.1) is 23.7 Å². The number of thiazole rings is 1. The van der Waals surface area contributed by atoms with E-state index in [1.807, 2.05) is 19.1 Å². The van der Waals surface area contributed by atoms with Crippen molar-refractivity contribution in [2.45, 2.75) is 19.9 Å². The van der Waals surface area contributed by atoms with Crippen LogP contribution in [0.15, 0.2) is 17.5 Å². The molecule has 0 aliphatic carbocycles. The predicted molar refractivity (Wildman–Crippen MR) is 102 cm³/mol. The van der Waals surface area contributed by atoms with Gasteiger partial charge in [-0.25, -0.2) is 4.98 Å². The Hall–Kier alpha value is -1.83. The van der Waals surface area contributed by atoms with Gasteiger partial charge in [0.05, 0.1) is 19.2 Å². The smallest absolute Gasteiger partial charge is 0.273 e. The Balaban J connectivity index is 0.00000312. The molecule has 6 nitrogen and oxygen atoms in total. The standard InChI is InChI=1S/C17H23N3O3S.ClH/c1-11-7-14(22-3)15(23-4)8-12(11)9-20(2)17(21)13-10-24-16(19-13)5-6-18;/h7-8,10H,5-6,9,18H2,1-4H3;1H. The van der Waals surface area contributed by atoms with Crippen molar-refractivity contribution in [2.24, 2.45) is 5.73 Å². The Labute approximate surface area is 158 Å². The first-order valence-electron chi connectivity index (χ1n) is 7.61. The summed E-state index contributed by atoms with van der Waals surface area (Å²) in [5, 5.41) is 2.67. The van der Waals surface area contributed by atoms with Crippen LogP contribution >= 0.6 is 23.7 Å². The Morgan fingerprint density at radius 2 is 1.92 bits per heavy atom. The lowest BCUT2D eigenvalue weighted by atomic mass is 10.1. The number of amides is 1. The average Bonchev–Trinajstić information content (AvgIpc) is 3.04. The summed E-state index contributed by atoms with van der Waals surface area (Å²) in [6.45, 7) is 2.98. The molecule has 0 aliphatic heterocycles. The van der Waals surface area contributed by atoms with Crippen molar-refractivity contribution in [3.8, 4) is 11.5 Å². The topological polar surface area (TPSA) is 77.7 Å². The molecule has 2 aromatic rings. The zero-order valence-corrected chi connectivity index (χ0v) is 16.5. The summed E-state index contributed by atoms with van der Waals surface area (Å²) in [5.41, 5.74) is 8.02. The highest BCUT2D eigenvalue weighted by atomic mass is 35.5. The molecule has 0 fully saturated rings. The van der Waals surface area contributed by atoms with Gasteiger partial charge < -0.3 is 20.1 Å². The highest BCUT2D eigenvalue weighted by molar-refractivity contribution is 7.09. The molecule has 0 bridgehead atoms. The Morgan fingerprint density at radius 3 is 2.52 bits per heavy atom. The lowest BCUT2D eigenvalue weighted by molar-refractivity contribution is 0.0779. The second kappa shape index (κ2) is 9.60. The van der Waals surface area contributed by atoms with Crippen LogP contribution in [0.25, 0.3) is 0 Å². The number of carbonyl (C=O) groups excluding carboxylic acids is 1. The summed E-state index contributed by atoms with van der Waals surface area (Å²) >= 11 is 1.47. The molecule has 0 unspecified atom stereocenters. The van der Waals surface area contributed by atoms with Crippen LogP contribution < -0.4 is 15.2 Å². The monoisotopic (exact) mass is 385 g/mol. The molecule has 0 aliphatic rings.